The Morgan fingerprint density at radius 2 is 1.91 bits per heavy atom. The minimum absolute atomic E-state index is 0.0685. The number of urea groups is 1. The number of nitrogens with one attached hydrogen (secondary N) is 2. The molecule has 1 heterocycles. The molecule has 0 spiro atoms. The third-order valence-electron chi connectivity index (χ3n) is 3.34. The Hall–Kier alpha value is -2.07. The standard InChI is InChI=1S/C17H20ClN3O/c1-12(2)16(13-6-8-14(18)9-7-13)21-17(22)20-11-15-5-3-4-10-19-15/h3-10,12,16H,11H2,1-2H3,(H2,20,21,22)/t16-/m1/s1. The molecule has 0 aliphatic rings. The van der Waals surface area contributed by atoms with Crippen molar-refractivity contribution in [3.8, 4) is 0 Å². The first-order valence-electron chi connectivity index (χ1n) is 7.26. The minimum atomic E-state index is -0.209. The third-order valence-corrected chi connectivity index (χ3v) is 3.59. The molecule has 2 aromatic rings. The smallest absolute Gasteiger partial charge is 0.315 e. The van der Waals surface area contributed by atoms with E-state index in [9.17, 15) is 4.79 Å². The zero-order valence-corrected chi connectivity index (χ0v) is 13.5. The van der Waals surface area contributed by atoms with Crippen LogP contribution in [0, 0.1) is 5.92 Å². The summed E-state index contributed by atoms with van der Waals surface area (Å²) in [6.07, 6.45) is 1.71. The van der Waals surface area contributed by atoms with Gasteiger partial charge in [-0.2, -0.15) is 0 Å². The fourth-order valence-corrected chi connectivity index (χ4v) is 2.30. The number of benzene rings is 1. The van der Waals surface area contributed by atoms with E-state index in [1.165, 1.54) is 0 Å². The largest absolute Gasteiger partial charge is 0.332 e. The van der Waals surface area contributed by atoms with Crippen LogP contribution in [0.5, 0.6) is 0 Å². The van der Waals surface area contributed by atoms with Crippen molar-refractivity contribution in [3.05, 3.63) is 64.9 Å². The first-order valence-corrected chi connectivity index (χ1v) is 7.64. The van der Waals surface area contributed by atoms with Crippen LogP contribution in [0.2, 0.25) is 5.02 Å². The first kappa shape index (κ1) is 16.3. The van der Waals surface area contributed by atoms with E-state index in [2.05, 4.69) is 29.5 Å². The van der Waals surface area contributed by atoms with E-state index in [-0.39, 0.29) is 18.0 Å². The maximum atomic E-state index is 12.1. The predicted molar refractivity (Wildman–Crippen MR) is 88.6 cm³/mol. The van der Waals surface area contributed by atoms with Crippen LogP contribution in [0.4, 0.5) is 4.79 Å². The van der Waals surface area contributed by atoms with Gasteiger partial charge in [0.15, 0.2) is 0 Å². The van der Waals surface area contributed by atoms with Crippen molar-refractivity contribution in [1.82, 2.24) is 15.6 Å². The summed E-state index contributed by atoms with van der Waals surface area (Å²) >= 11 is 5.91. The van der Waals surface area contributed by atoms with Crippen molar-refractivity contribution >= 4 is 17.6 Å². The van der Waals surface area contributed by atoms with Gasteiger partial charge in [0.1, 0.15) is 0 Å². The lowest BCUT2D eigenvalue weighted by molar-refractivity contribution is 0.232. The lowest BCUT2D eigenvalue weighted by atomic mass is 9.96. The maximum Gasteiger partial charge on any atom is 0.315 e. The fraction of sp³-hybridized carbons (Fsp3) is 0.294. The highest BCUT2D eigenvalue weighted by atomic mass is 35.5. The maximum absolute atomic E-state index is 12.1. The van der Waals surface area contributed by atoms with Crippen LogP contribution in [0.3, 0.4) is 0 Å². The number of hydrogen-bond acceptors (Lipinski definition) is 2. The summed E-state index contributed by atoms with van der Waals surface area (Å²) < 4.78 is 0. The summed E-state index contributed by atoms with van der Waals surface area (Å²) in [6.45, 7) is 4.54. The molecule has 5 heteroatoms. The molecule has 0 aliphatic carbocycles. The number of amides is 2. The second-order valence-electron chi connectivity index (χ2n) is 5.42. The van der Waals surface area contributed by atoms with Crippen molar-refractivity contribution in [2.24, 2.45) is 5.92 Å². The van der Waals surface area contributed by atoms with Gasteiger partial charge in [0.05, 0.1) is 18.3 Å². The second-order valence-corrected chi connectivity index (χ2v) is 5.86. The van der Waals surface area contributed by atoms with Crippen molar-refractivity contribution in [1.29, 1.82) is 0 Å². The van der Waals surface area contributed by atoms with Crippen LogP contribution < -0.4 is 10.6 Å². The normalized spacial score (nSPS) is 12.0. The number of carbonyl (C=O) groups excluding carboxylic acids is 1. The third kappa shape index (κ3) is 4.74. The topological polar surface area (TPSA) is 54.0 Å². The van der Waals surface area contributed by atoms with Crippen LogP contribution in [0.25, 0.3) is 0 Å². The SMILES string of the molecule is CC(C)[C@@H](NC(=O)NCc1ccccn1)c1ccc(Cl)cc1. The summed E-state index contributed by atoms with van der Waals surface area (Å²) in [4.78, 5) is 16.3. The van der Waals surface area contributed by atoms with Gasteiger partial charge in [0.25, 0.3) is 0 Å². The molecule has 0 bridgehead atoms. The molecular formula is C17H20ClN3O. The molecule has 2 N–H and O–H groups in total. The number of hydrogen-bond donors (Lipinski definition) is 2. The Labute approximate surface area is 135 Å². The van der Waals surface area contributed by atoms with Gasteiger partial charge in [-0.15, -0.1) is 0 Å². The van der Waals surface area contributed by atoms with E-state index in [0.29, 0.717) is 11.6 Å². The molecule has 22 heavy (non-hydrogen) atoms. The van der Waals surface area contributed by atoms with Gasteiger partial charge in [-0.25, -0.2) is 4.79 Å². The van der Waals surface area contributed by atoms with Crippen molar-refractivity contribution in [2.75, 3.05) is 0 Å². The second kappa shape index (κ2) is 7.80. The summed E-state index contributed by atoms with van der Waals surface area (Å²) in [6, 6.07) is 12.9. The molecule has 2 amide bonds. The average Bonchev–Trinajstić information content (AvgIpc) is 2.52. The molecule has 2 rings (SSSR count). The van der Waals surface area contributed by atoms with E-state index < -0.39 is 0 Å². The van der Waals surface area contributed by atoms with E-state index >= 15 is 0 Å². The highest BCUT2D eigenvalue weighted by Crippen LogP contribution is 2.23. The van der Waals surface area contributed by atoms with Gasteiger partial charge in [0, 0.05) is 11.2 Å². The van der Waals surface area contributed by atoms with Gasteiger partial charge < -0.3 is 10.6 Å². The van der Waals surface area contributed by atoms with E-state index in [0.717, 1.165) is 11.3 Å². The molecule has 0 fully saturated rings. The van der Waals surface area contributed by atoms with Crippen molar-refractivity contribution in [3.63, 3.8) is 0 Å². The number of halogens is 1. The molecule has 0 radical (unpaired) electrons. The molecule has 0 unspecified atom stereocenters. The van der Waals surface area contributed by atoms with Gasteiger partial charge in [-0.05, 0) is 35.7 Å². The Kier molecular flexibility index (Phi) is 5.78. The fourth-order valence-electron chi connectivity index (χ4n) is 2.17. The lowest BCUT2D eigenvalue weighted by Gasteiger charge is -2.23. The summed E-state index contributed by atoms with van der Waals surface area (Å²) in [7, 11) is 0. The minimum Gasteiger partial charge on any atom is -0.332 e. The van der Waals surface area contributed by atoms with Gasteiger partial charge in [-0.3, -0.25) is 4.98 Å². The predicted octanol–water partition coefficient (Wildman–Crippen LogP) is 3.93. The molecule has 0 saturated carbocycles. The Morgan fingerprint density at radius 3 is 2.50 bits per heavy atom. The van der Waals surface area contributed by atoms with Crippen LogP contribution in [-0.2, 0) is 6.54 Å². The monoisotopic (exact) mass is 317 g/mol. The van der Waals surface area contributed by atoms with E-state index in [4.69, 9.17) is 11.6 Å². The van der Waals surface area contributed by atoms with E-state index in [1.807, 2.05) is 42.5 Å². The molecule has 1 aromatic heterocycles. The Balaban J connectivity index is 1.96. The highest BCUT2D eigenvalue weighted by molar-refractivity contribution is 6.30. The lowest BCUT2D eigenvalue weighted by Crippen LogP contribution is -2.39. The van der Waals surface area contributed by atoms with Crippen LogP contribution in [0.15, 0.2) is 48.7 Å². The number of pyridine rings is 1. The number of carbonyl (C=O) groups is 1. The highest BCUT2D eigenvalue weighted by Gasteiger charge is 2.18. The number of aromatic nitrogens is 1. The zero-order chi connectivity index (χ0) is 15.9. The van der Waals surface area contributed by atoms with Crippen LogP contribution in [0.1, 0.15) is 31.1 Å². The zero-order valence-electron chi connectivity index (χ0n) is 12.7. The van der Waals surface area contributed by atoms with E-state index in [1.54, 1.807) is 6.20 Å². The van der Waals surface area contributed by atoms with Gasteiger partial charge >= 0.3 is 6.03 Å². The molecule has 4 nitrogen and oxygen atoms in total. The molecular weight excluding hydrogens is 298 g/mol. The Bertz CT molecular complexity index is 599. The molecule has 1 aromatic carbocycles. The average molecular weight is 318 g/mol. The van der Waals surface area contributed by atoms with Crippen molar-refractivity contribution in [2.45, 2.75) is 26.4 Å². The van der Waals surface area contributed by atoms with Crippen LogP contribution >= 0.6 is 11.6 Å². The van der Waals surface area contributed by atoms with Gasteiger partial charge in [-0.1, -0.05) is 43.6 Å². The molecule has 1 atom stereocenters. The van der Waals surface area contributed by atoms with Crippen LogP contribution in [-0.4, -0.2) is 11.0 Å². The summed E-state index contributed by atoms with van der Waals surface area (Å²) in [5, 5.41) is 6.51. The van der Waals surface area contributed by atoms with Gasteiger partial charge in [0.2, 0.25) is 0 Å². The molecule has 0 aliphatic heterocycles. The quantitative estimate of drug-likeness (QED) is 0.877. The summed E-state index contributed by atoms with van der Waals surface area (Å²) in [5.74, 6) is 0.266. The summed E-state index contributed by atoms with van der Waals surface area (Å²) in [5.41, 5.74) is 1.86. The van der Waals surface area contributed by atoms with Crippen molar-refractivity contribution < 1.29 is 4.79 Å². The molecule has 116 valence electrons. The number of nitrogens with zero attached hydrogens (tertiary/aromatic N) is 1. The number of rotatable bonds is 5. The Morgan fingerprint density at radius 1 is 1.18 bits per heavy atom. The first-order chi connectivity index (χ1) is 10.6. The molecule has 0 saturated heterocycles.